The molecule has 2 heteroatoms. The van der Waals surface area contributed by atoms with Gasteiger partial charge in [-0.1, -0.05) is 62.9 Å². The number of allylic oxidation sites excluding steroid dienone is 2. The Morgan fingerprint density at radius 3 is 2.36 bits per heavy atom. The van der Waals surface area contributed by atoms with Crippen molar-refractivity contribution in [3.8, 4) is 6.07 Å². The van der Waals surface area contributed by atoms with Gasteiger partial charge >= 0.3 is 0 Å². The zero-order chi connectivity index (χ0) is 17.7. The van der Waals surface area contributed by atoms with Crippen LogP contribution >= 0.6 is 0 Å². The molecule has 2 nitrogen and oxygen atoms in total. The second-order valence-electron chi connectivity index (χ2n) is 7.32. The molecule has 136 valence electrons. The van der Waals surface area contributed by atoms with E-state index in [4.69, 9.17) is 10.00 Å². The van der Waals surface area contributed by atoms with Gasteiger partial charge in [0.15, 0.2) is 0 Å². The molecule has 0 unspecified atom stereocenters. The molecule has 0 amide bonds. The minimum Gasteiger partial charge on any atom is -0.374 e. The summed E-state index contributed by atoms with van der Waals surface area (Å²) < 4.78 is 6.10. The van der Waals surface area contributed by atoms with Gasteiger partial charge in [-0.2, -0.15) is 5.26 Å². The number of nitrogens with zero attached hydrogens (tertiary/aromatic N) is 1. The Morgan fingerprint density at radius 2 is 1.68 bits per heavy atom. The van der Waals surface area contributed by atoms with Crippen LogP contribution in [0.1, 0.15) is 75.8 Å². The van der Waals surface area contributed by atoms with Gasteiger partial charge in [0.1, 0.15) is 0 Å². The van der Waals surface area contributed by atoms with Crippen LogP contribution in [0.2, 0.25) is 0 Å². The minimum absolute atomic E-state index is 0.380. The van der Waals surface area contributed by atoms with E-state index >= 15 is 0 Å². The van der Waals surface area contributed by atoms with Gasteiger partial charge in [0.2, 0.25) is 0 Å². The van der Waals surface area contributed by atoms with E-state index < -0.39 is 0 Å². The van der Waals surface area contributed by atoms with Crippen molar-refractivity contribution >= 4 is 0 Å². The van der Waals surface area contributed by atoms with Gasteiger partial charge in [-0.3, -0.25) is 0 Å². The third kappa shape index (κ3) is 7.88. The Labute approximate surface area is 153 Å². The van der Waals surface area contributed by atoms with E-state index in [9.17, 15) is 0 Å². The van der Waals surface area contributed by atoms with Crippen molar-refractivity contribution in [2.75, 3.05) is 0 Å². The van der Waals surface area contributed by atoms with Crippen molar-refractivity contribution in [3.63, 3.8) is 0 Å². The van der Waals surface area contributed by atoms with Gasteiger partial charge in [-0.05, 0) is 55.6 Å². The van der Waals surface area contributed by atoms with Crippen LogP contribution in [0.25, 0.3) is 0 Å². The number of unbranched alkanes of at least 4 members (excludes halogenated alkanes) is 4. The fourth-order valence-electron chi connectivity index (χ4n) is 3.58. The molecule has 25 heavy (non-hydrogen) atoms. The number of aryl methyl sites for hydroxylation is 1. The van der Waals surface area contributed by atoms with E-state index in [1.807, 2.05) is 0 Å². The molecule has 2 rings (SSSR count). The van der Waals surface area contributed by atoms with Crippen molar-refractivity contribution in [2.45, 2.75) is 83.8 Å². The Balaban J connectivity index is 1.63. The molecule has 0 bridgehead atoms. The maximum Gasteiger partial charge on any atom is 0.0908 e. The molecule has 0 aromatic heterocycles. The summed E-state index contributed by atoms with van der Waals surface area (Å²) in [6.07, 6.45) is 16.5. The van der Waals surface area contributed by atoms with Gasteiger partial charge < -0.3 is 4.74 Å². The second kappa shape index (κ2) is 11.9. The smallest absolute Gasteiger partial charge is 0.0908 e. The summed E-state index contributed by atoms with van der Waals surface area (Å²) in [5, 5.41) is 8.60. The molecular formula is C23H33NO. The number of hydrogen-bond acceptors (Lipinski definition) is 2. The first-order valence-electron chi connectivity index (χ1n) is 10.1. The lowest BCUT2D eigenvalue weighted by molar-refractivity contribution is 0.0110. The molecule has 1 aromatic carbocycles. The highest BCUT2D eigenvalue weighted by molar-refractivity contribution is 5.22. The third-order valence-electron chi connectivity index (χ3n) is 5.24. The van der Waals surface area contributed by atoms with E-state index in [0.717, 1.165) is 32.3 Å². The van der Waals surface area contributed by atoms with E-state index in [-0.39, 0.29) is 0 Å². The maximum atomic E-state index is 8.60. The average molecular weight is 340 g/mol. The summed E-state index contributed by atoms with van der Waals surface area (Å²) in [5.74, 6) is 0.566. The molecule has 1 aromatic rings. The summed E-state index contributed by atoms with van der Waals surface area (Å²) in [5.41, 5.74) is 2.73. The predicted molar refractivity (Wildman–Crippen MR) is 104 cm³/mol. The summed E-state index contributed by atoms with van der Waals surface area (Å²) in [6, 6.07) is 11.1. The van der Waals surface area contributed by atoms with E-state index in [0.29, 0.717) is 12.0 Å². The summed E-state index contributed by atoms with van der Waals surface area (Å²) in [7, 11) is 0. The molecule has 1 aliphatic carbocycles. The zero-order valence-corrected chi connectivity index (χ0v) is 15.8. The lowest BCUT2D eigenvalue weighted by Gasteiger charge is -2.26. The molecule has 1 fully saturated rings. The third-order valence-corrected chi connectivity index (χ3v) is 5.24. The first-order chi connectivity index (χ1) is 12.3. The monoisotopic (exact) mass is 339 g/mol. The SMILES string of the molecule is CCCCCCCc1ccc(CO[C@H]2CC[C@H](C=CC#N)CC2)cc1. The Bertz CT molecular complexity index is 532. The maximum absolute atomic E-state index is 8.60. The van der Waals surface area contributed by atoms with Crippen LogP contribution in [0.3, 0.4) is 0 Å². The van der Waals surface area contributed by atoms with Gasteiger partial charge in [0, 0.05) is 6.08 Å². The van der Waals surface area contributed by atoms with Gasteiger partial charge in [-0.25, -0.2) is 0 Å². The molecule has 1 saturated carbocycles. The average Bonchev–Trinajstić information content (AvgIpc) is 2.66. The molecule has 0 aliphatic heterocycles. The quantitative estimate of drug-likeness (QED) is 0.367. The first-order valence-corrected chi connectivity index (χ1v) is 10.1. The normalized spacial score (nSPS) is 20.6. The molecule has 0 heterocycles. The van der Waals surface area contributed by atoms with E-state index in [1.165, 1.54) is 49.7 Å². The highest BCUT2D eigenvalue weighted by atomic mass is 16.5. The standard InChI is InChI=1S/C23H33NO/c1-2-3-4-5-6-8-20-10-12-22(13-11-20)19-25-23-16-14-21(15-17-23)9-7-18-24/h7,9-13,21,23H,2-6,8,14-17,19H2,1H3/t21-,23-. The molecule has 1 aliphatic rings. The van der Waals surface area contributed by atoms with Crippen molar-refractivity contribution in [3.05, 3.63) is 47.5 Å². The van der Waals surface area contributed by atoms with Crippen LogP contribution in [0, 0.1) is 17.2 Å². The molecule has 0 atom stereocenters. The largest absolute Gasteiger partial charge is 0.374 e. The molecule has 0 radical (unpaired) electrons. The summed E-state index contributed by atoms with van der Waals surface area (Å²) >= 11 is 0. The highest BCUT2D eigenvalue weighted by Gasteiger charge is 2.19. The highest BCUT2D eigenvalue weighted by Crippen LogP contribution is 2.27. The summed E-state index contributed by atoms with van der Waals surface area (Å²) in [4.78, 5) is 0. The van der Waals surface area contributed by atoms with Crippen molar-refractivity contribution in [2.24, 2.45) is 5.92 Å². The van der Waals surface area contributed by atoms with Crippen molar-refractivity contribution < 1.29 is 4.74 Å². The predicted octanol–water partition coefficient (Wildman–Crippen LogP) is 6.35. The Morgan fingerprint density at radius 1 is 1.00 bits per heavy atom. The van der Waals surface area contributed by atoms with Crippen molar-refractivity contribution in [1.82, 2.24) is 0 Å². The number of rotatable bonds is 10. The lowest BCUT2D eigenvalue weighted by Crippen LogP contribution is -2.20. The van der Waals surface area contributed by atoms with Gasteiger partial charge in [-0.15, -0.1) is 0 Å². The Kier molecular flexibility index (Phi) is 9.37. The minimum atomic E-state index is 0.380. The number of benzene rings is 1. The number of hydrogen-bond donors (Lipinski definition) is 0. The van der Waals surface area contributed by atoms with Crippen LogP contribution in [0.5, 0.6) is 0 Å². The fraction of sp³-hybridized carbons (Fsp3) is 0.609. The molecule has 0 saturated heterocycles. The lowest BCUT2D eigenvalue weighted by atomic mass is 9.87. The second-order valence-corrected chi connectivity index (χ2v) is 7.32. The zero-order valence-electron chi connectivity index (χ0n) is 15.8. The first kappa shape index (κ1) is 19.7. The number of nitriles is 1. The van der Waals surface area contributed by atoms with E-state index in [1.54, 1.807) is 6.08 Å². The molecular weight excluding hydrogens is 306 g/mol. The number of ether oxygens (including phenoxy) is 1. The van der Waals surface area contributed by atoms with Gasteiger partial charge in [0.25, 0.3) is 0 Å². The molecule has 0 spiro atoms. The fourth-order valence-corrected chi connectivity index (χ4v) is 3.58. The van der Waals surface area contributed by atoms with Crippen LogP contribution < -0.4 is 0 Å². The van der Waals surface area contributed by atoms with Crippen LogP contribution in [-0.4, -0.2) is 6.10 Å². The van der Waals surface area contributed by atoms with Crippen LogP contribution in [0.4, 0.5) is 0 Å². The van der Waals surface area contributed by atoms with Crippen molar-refractivity contribution in [1.29, 1.82) is 5.26 Å². The van der Waals surface area contributed by atoms with Gasteiger partial charge in [0.05, 0.1) is 18.8 Å². The Hall–Kier alpha value is -1.59. The molecule has 0 N–H and O–H groups in total. The topological polar surface area (TPSA) is 33.0 Å². The summed E-state index contributed by atoms with van der Waals surface area (Å²) in [6.45, 7) is 2.98. The van der Waals surface area contributed by atoms with Crippen LogP contribution in [-0.2, 0) is 17.8 Å². The van der Waals surface area contributed by atoms with E-state index in [2.05, 4.69) is 43.3 Å². The van der Waals surface area contributed by atoms with Crippen LogP contribution in [0.15, 0.2) is 36.4 Å².